The second-order valence-corrected chi connectivity index (χ2v) is 6.75. The van der Waals surface area contributed by atoms with Crippen LogP contribution in [0.5, 0.6) is 0 Å². The van der Waals surface area contributed by atoms with Gasteiger partial charge < -0.3 is 14.5 Å². The highest BCUT2D eigenvalue weighted by Crippen LogP contribution is 2.33. The summed E-state index contributed by atoms with van der Waals surface area (Å²) in [6.07, 6.45) is 2.68. The van der Waals surface area contributed by atoms with Crippen molar-refractivity contribution in [2.75, 3.05) is 37.0 Å². The summed E-state index contributed by atoms with van der Waals surface area (Å²) in [5.41, 5.74) is 0.488. The summed E-state index contributed by atoms with van der Waals surface area (Å²) >= 11 is 0. The minimum atomic E-state index is -0.382. The van der Waals surface area contributed by atoms with Gasteiger partial charge in [-0.15, -0.1) is 0 Å². The molecule has 0 radical (unpaired) electrons. The summed E-state index contributed by atoms with van der Waals surface area (Å²) in [7, 11) is 3.95. The minimum absolute atomic E-state index is 0.174. The normalized spacial score (nSPS) is 22.9. The number of aromatic amines is 1. The van der Waals surface area contributed by atoms with Crippen molar-refractivity contribution in [3.8, 4) is 0 Å². The molecule has 24 heavy (non-hydrogen) atoms. The third kappa shape index (κ3) is 2.35. The van der Waals surface area contributed by atoms with Crippen molar-refractivity contribution in [1.29, 1.82) is 0 Å². The average Bonchev–Trinajstić information content (AvgIpc) is 3.13. The van der Waals surface area contributed by atoms with Crippen LogP contribution in [0.4, 0.5) is 11.8 Å². The second-order valence-electron chi connectivity index (χ2n) is 6.75. The highest BCUT2D eigenvalue weighted by Gasteiger charge is 2.44. The fourth-order valence-corrected chi connectivity index (χ4v) is 3.47. The van der Waals surface area contributed by atoms with Gasteiger partial charge in [-0.2, -0.15) is 10.1 Å². The molecule has 2 aromatic rings. The molecule has 2 aliphatic rings. The van der Waals surface area contributed by atoms with Crippen LogP contribution in [0.2, 0.25) is 0 Å². The molecule has 0 bridgehead atoms. The van der Waals surface area contributed by atoms with Crippen molar-refractivity contribution in [2.45, 2.75) is 32.1 Å². The smallest absolute Gasteiger partial charge is 0.343 e. The molecule has 4 rings (SSSR count). The molecule has 0 aliphatic carbocycles. The van der Waals surface area contributed by atoms with E-state index in [0.29, 0.717) is 31.5 Å². The van der Waals surface area contributed by atoms with Crippen molar-refractivity contribution in [1.82, 2.24) is 24.7 Å². The van der Waals surface area contributed by atoms with Gasteiger partial charge in [-0.3, -0.25) is 4.57 Å². The summed E-state index contributed by atoms with van der Waals surface area (Å²) in [6.45, 7) is 4.34. The zero-order chi connectivity index (χ0) is 16.9. The molecule has 1 N–H and O–H groups in total. The first-order chi connectivity index (χ1) is 11.5. The SMILES string of the molecule is Cc1cnc(N2CCC3(C2)Cn2c(n[nH]c2=O)CO3)nc1N(C)C. The number of aryl methyl sites for hydroxylation is 1. The number of nitrogens with zero attached hydrogens (tertiary/aromatic N) is 6. The Labute approximate surface area is 139 Å². The maximum atomic E-state index is 11.9. The van der Waals surface area contributed by atoms with Gasteiger partial charge in [0.2, 0.25) is 5.95 Å². The molecule has 2 aliphatic heterocycles. The molecule has 9 nitrogen and oxygen atoms in total. The quantitative estimate of drug-likeness (QED) is 0.822. The van der Waals surface area contributed by atoms with Crippen molar-refractivity contribution >= 4 is 11.8 Å². The molecular formula is C15H21N7O2. The van der Waals surface area contributed by atoms with Crippen LogP contribution in [0.15, 0.2) is 11.0 Å². The number of anilines is 2. The van der Waals surface area contributed by atoms with Gasteiger partial charge in [-0.1, -0.05) is 0 Å². The lowest BCUT2D eigenvalue weighted by Gasteiger charge is -2.33. The number of hydrogen-bond acceptors (Lipinski definition) is 7. The lowest BCUT2D eigenvalue weighted by Crippen LogP contribution is -2.46. The lowest BCUT2D eigenvalue weighted by molar-refractivity contribution is -0.0760. The highest BCUT2D eigenvalue weighted by atomic mass is 16.5. The van der Waals surface area contributed by atoms with E-state index in [4.69, 9.17) is 4.74 Å². The van der Waals surface area contributed by atoms with Crippen LogP contribution >= 0.6 is 0 Å². The molecule has 0 saturated carbocycles. The summed E-state index contributed by atoms with van der Waals surface area (Å²) in [6, 6.07) is 0. The fourth-order valence-electron chi connectivity index (χ4n) is 3.47. The standard InChI is InChI=1S/C15H21N7O2/c1-10-6-16-13(17-12(10)20(2)3)21-5-4-15(8-21)9-22-11(7-24-15)18-19-14(22)23/h6H,4-5,7-9H2,1-3H3,(H,19,23). The maximum Gasteiger partial charge on any atom is 0.343 e. The molecule has 0 amide bonds. The van der Waals surface area contributed by atoms with Gasteiger partial charge in [-0.25, -0.2) is 14.9 Å². The molecule has 4 heterocycles. The summed E-state index contributed by atoms with van der Waals surface area (Å²) in [5.74, 6) is 2.28. The Kier molecular flexibility index (Phi) is 3.34. The molecule has 0 aromatic carbocycles. The van der Waals surface area contributed by atoms with Crippen molar-refractivity contribution in [2.24, 2.45) is 0 Å². The average molecular weight is 331 g/mol. The number of ether oxygens (including phenoxy) is 1. The number of fused-ring (bicyclic) bond motifs is 1. The van der Waals surface area contributed by atoms with Crippen LogP contribution in [0.3, 0.4) is 0 Å². The van der Waals surface area contributed by atoms with Crippen molar-refractivity contribution in [3.63, 3.8) is 0 Å². The van der Waals surface area contributed by atoms with E-state index < -0.39 is 0 Å². The fraction of sp³-hybridized carbons (Fsp3) is 0.600. The lowest BCUT2D eigenvalue weighted by atomic mass is 10.0. The second kappa shape index (κ2) is 5.30. The van der Waals surface area contributed by atoms with E-state index in [1.807, 2.05) is 32.1 Å². The predicted molar refractivity (Wildman–Crippen MR) is 88.3 cm³/mol. The van der Waals surface area contributed by atoms with E-state index in [2.05, 4.69) is 25.1 Å². The summed E-state index contributed by atoms with van der Waals surface area (Å²) in [4.78, 5) is 25.1. The number of aromatic nitrogens is 5. The van der Waals surface area contributed by atoms with Gasteiger partial charge in [0.25, 0.3) is 0 Å². The first-order valence-electron chi connectivity index (χ1n) is 8.01. The Bertz CT molecular complexity index is 827. The third-order valence-electron chi connectivity index (χ3n) is 4.75. The van der Waals surface area contributed by atoms with Crippen LogP contribution < -0.4 is 15.5 Å². The molecule has 1 fully saturated rings. The van der Waals surface area contributed by atoms with E-state index in [-0.39, 0.29) is 11.3 Å². The molecule has 1 spiro atoms. The van der Waals surface area contributed by atoms with Crippen LogP contribution in [-0.2, 0) is 17.9 Å². The van der Waals surface area contributed by atoms with E-state index in [1.165, 1.54) is 0 Å². The Morgan fingerprint density at radius 1 is 1.38 bits per heavy atom. The van der Waals surface area contributed by atoms with E-state index >= 15 is 0 Å². The molecule has 1 atom stereocenters. The largest absolute Gasteiger partial charge is 0.363 e. The van der Waals surface area contributed by atoms with E-state index in [9.17, 15) is 4.79 Å². The van der Waals surface area contributed by atoms with Gasteiger partial charge in [0, 0.05) is 32.4 Å². The number of nitrogens with one attached hydrogen (secondary N) is 1. The van der Waals surface area contributed by atoms with Crippen LogP contribution in [0.25, 0.3) is 0 Å². The summed E-state index contributed by atoms with van der Waals surface area (Å²) < 4.78 is 7.74. The molecule has 1 unspecified atom stereocenters. The molecule has 2 aromatic heterocycles. The first kappa shape index (κ1) is 15.1. The Morgan fingerprint density at radius 2 is 2.21 bits per heavy atom. The van der Waals surface area contributed by atoms with E-state index in [1.54, 1.807) is 4.57 Å². The van der Waals surface area contributed by atoms with Gasteiger partial charge in [0.05, 0.1) is 13.1 Å². The zero-order valence-electron chi connectivity index (χ0n) is 14.1. The Morgan fingerprint density at radius 3 is 3.00 bits per heavy atom. The topological polar surface area (TPSA) is 92.2 Å². The van der Waals surface area contributed by atoms with Crippen LogP contribution in [-0.4, -0.2) is 57.5 Å². The molecule has 1 saturated heterocycles. The number of rotatable bonds is 2. The van der Waals surface area contributed by atoms with Gasteiger partial charge >= 0.3 is 5.69 Å². The van der Waals surface area contributed by atoms with Crippen molar-refractivity contribution < 1.29 is 4.74 Å². The highest BCUT2D eigenvalue weighted by molar-refractivity contribution is 5.49. The third-order valence-corrected chi connectivity index (χ3v) is 4.75. The molecular weight excluding hydrogens is 310 g/mol. The first-order valence-corrected chi connectivity index (χ1v) is 8.01. The predicted octanol–water partition coefficient (Wildman–Crippen LogP) is -0.0849. The summed E-state index contributed by atoms with van der Waals surface area (Å²) in [5, 5.41) is 6.47. The van der Waals surface area contributed by atoms with Crippen LogP contribution in [0.1, 0.15) is 17.8 Å². The van der Waals surface area contributed by atoms with E-state index in [0.717, 1.165) is 24.3 Å². The Balaban J connectivity index is 1.58. The van der Waals surface area contributed by atoms with Crippen molar-refractivity contribution in [3.05, 3.63) is 28.1 Å². The monoisotopic (exact) mass is 331 g/mol. The maximum absolute atomic E-state index is 11.9. The minimum Gasteiger partial charge on any atom is -0.363 e. The Hall–Kier alpha value is -2.42. The molecule has 9 heteroatoms. The van der Waals surface area contributed by atoms with Gasteiger partial charge in [0.1, 0.15) is 18.0 Å². The van der Waals surface area contributed by atoms with Crippen LogP contribution in [0, 0.1) is 6.92 Å². The zero-order valence-corrected chi connectivity index (χ0v) is 14.1. The van der Waals surface area contributed by atoms with Gasteiger partial charge in [-0.05, 0) is 13.3 Å². The van der Waals surface area contributed by atoms with Gasteiger partial charge in [0.15, 0.2) is 5.82 Å². The molecule has 128 valence electrons. The number of H-pyrrole nitrogens is 1. The number of hydrogen-bond donors (Lipinski definition) is 1.